The van der Waals surface area contributed by atoms with Gasteiger partial charge in [0, 0.05) is 44.0 Å². The Balaban J connectivity index is 1.77. The van der Waals surface area contributed by atoms with Crippen molar-refractivity contribution in [2.75, 3.05) is 6.54 Å². The number of fused-ring (bicyclic) bond motifs is 1. The molecular weight excluding hydrogens is 376 g/mol. The van der Waals surface area contributed by atoms with Crippen LogP contribution < -0.4 is 5.73 Å². The van der Waals surface area contributed by atoms with Crippen molar-refractivity contribution in [1.29, 1.82) is 0 Å². The highest BCUT2D eigenvalue weighted by atomic mass is 19.1. The van der Waals surface area contributed by atoms with Crippen molar-refractivity contribution in [3.8, 4) is 11.1 Å². The zero-order valence-electron chi connectivity index (χ0n) is 16.2. The predicted molar refractivity (Wildman–Crippen MR) is 104 cm³/mol. The van der Waals surface area contributed by atoms with Gasteiger partial charge in [-0.05, 0) is 48.7 Å². The van der Waals surface area contributed by atoms with Crippen LogP contribution in [0.15, 0.2) is 36.5 Å². The van der Waals surface area contributed by atoms with Gasteiger partial charge in [0.25, 0.3) is 5.91 Å². The minimum Gasteiger partial charge on any atom is -0.364 e. The molecule has 3 aromatic rings. The van der Waals surface area contributed by atoms with Crippen molar-refractivity contribution in [3.05, 3.63) is 70.8 Å². The Morgan fingerprint density at radius 3 is 2.66 bits per heavy atom. The molecule has 4 rings (SSSR count). The first-order valence-corrected chi connectivity index (χ1v) is 9.35. The molecule has 0 aliphatic carbocycles. The average molecular weight is 397 g/mol. The lowest BCUT2D eigenvalue weighted by Crippen LogP contribution is -2.35. The van der Waals surface area contributed by atoms with E-state index in [1.165, 1.54) is 18.2 Å². The molecule has 2 N–H and O–H groups in total. The van der Waals surface area contributed by atoms with Crippen LogP contribution in [0.2, 0.25) is 0 Å². The number of rotatable bonds is 4. The fourth-order valence-electron chi connectivity index (χ4n) is 3.95. The third-order valence-corrected chi connectivity index (χ3v) is 5.52. The van der Waals surface area contributed by atoms with Gasteiger partial charge in [-0.1, -0.05) is 0 Å². The maximum absolute atomic E-state index is 14.5. The van der Waals surface area contributed by atoms with Crippen LogP contribution >= 0.6 is 0 Å². The average Bonchev–Trinajstić information content (AvgIpc) is 3.12. The second-order valence-electron chi connectivity index (χ2n) is 7.24. The number of aryl methyl sites for hydroxylation is 1. The van der Waals surface area contributed by atoms with Gasteiger partial charge in [0.15, 0.2) is 0 Å². The van der Waals surface area contributed by atoms with Crippen LogP contribution in [0, 0.1) is 11.6 Å². The number of pyridine rings is 1. The van der Waals surface area contributed by atoms with Gasteiger partial charge in [-0.15, -0.1) is 0 Å². The normalized spacial score (nSPS) is 15.2. The van der Waals surface area contributed by atoms with Crippen molar-refractivity contribution < 1.29 is 13.6 Å². The molecule has 0 fully saturated rings. The summed E-state index contributed by atoms with van der Waals surface area (Å²) < 4.78 is 29.7. The smallest absolute Gasteiger partial charge is 0.267 e. The Hall–Kier alpha value is -3.13. The van der Waals surface area contributed by atoms with Gasteiger partial charge in [-0.25, -0.2) is 13.8 Å². The fraction of sp³-hybridized carbons (Fsp3) is 0.286. The number of carbonyl (C=O) groups excluding carboxylic acids is 1. The highest BCUT2D eigenvalue weighted by Gasteiger charge is 2.28. The van der Waals surface area contributed by atoms with Crippen molar-refractivity contribution in [3.63, 3.8) is 0 Å². The summed E-state index contributed by atoms with van der Waals surface area (Å²) in [6.07, 6.45) is 2.37. The van der Waals surface area contributed by atoms with Crippen molar-refractivity contribution in [2.45, 2.75) is 25.9 Å². The number of hydrogen-bond donors (Lipinski definition) is 1. The van der Waals surface area contributed by atoms with E-state index in [1.54, 1.807) is 6.20 Å². The fourth-order valence-corrected chi connectivity index (χ4v) is 3.95. The SMILES string of the molecule is CC(c1ccnn1C)N1CCc2c(-c3ccc(F)cc3F)cc(C(N)=O)nc2C1. The Bertz CT molecular complexity index is 1090. The molecule has 0 bridgehead atoms. The standard InChI is InChI=1S/C21H21F2N5O/c1-12(20-5-7-25-27(20)2)28-8-6-15-16(14-4-3-13(22)9-17(14)23)10-18(21(24)29)26-19(15)11-28/h3-5,7,9-10,12H,6,8,11H2,1-2H3,(H2,24,29). The minimum absolute atomic E-state index is 0.0671. The lowest BCUT2D eigenvalue weighted by Gasteiger charge is -2.34. The monoisotopic (exact) mass is 397 g/mol. The van der Waals surface area contributed by atoms with Crippen LogP contribution in [0.4, 0.5) is 8.78 Å². The molecule has 1 aromatic carbocycles. The molecular formula is C21H21F2N5O. The molecule has 0 spiro atoms. The molecule has 1 unspecified atom stereocenters. The van der Waals surface area contributed by atoms with E-state index in [0.29, 0.717) is 24.2 Å². The second kappa shape index (κ2) is 7.36. The molecule has 0 radical (unpaired) electrons. The molecule has 8 heteroatoms. The van der Waals surface area contributed by atoms with Crippen LogP contribution in [0.3, 0.4) is 0 Å². The van der Waals surface area contributed by atoms with E-state index in [2.05, 4.69) is 21.9 Å². The van der Waals surface area contributed by atoms with E-state index in [4.69, 9.17) is 5.73 Å². The molecule has 0 saturated carbocycles. The van der Waals surface area contributed by atoms with Gasteiger partial charge in [0.1, 0.15) is 17.3 Å². The molecule has 150 valence electrons. The van der Waals surface area contributed by atoms with E-state index in [0.717, 1.165) is 23.9 Å². The summed E-state index contributed by atoms with van der Waals surface area (Å²) in [4.78, 5) is 18.5. The molecule has 1 aliphatic rings. The maximum atomic E-state index is 14.5. The molecule has 1 atom stereocenters. The van der Waals surface area contributed by atoms with Gasteiger partial charge < -0.3 is 5.73 Å². The highest BCUT2D eigenvalue weighted by molar-refractivity contribution is 5.92. The molecule has 6 nitrogen and oxygen atoms in total. The minimum atomic E-state index is -0.687. The van der Waals surface area contributed by atoms with Crippen molar-refractivity contribution in [2.24, 2.45) is 12.8 Å². The van der Waals surface area contributed by atoms with Gasteiger partial charge in [-0.3, -0.25) is 14.4 Å². The van der Waals surface area contributed by atoms with Crippen molar-refractivity contribution >= 4 is 5.91 Å². The van der Waals surface area contributed by atoms with Crippen LogP contribution in [-0.2, 0) is 20.0 Å². The Kier molecular flexibility index (Phi) is 4.87. The number of hydrogen-bond acceptors (Lipinski definition) is 4. The number of carbonyl (C=O) groups is 1. The number of halogens is 2. The summed E-state index contributed by atoms with van der Waals surface area (Å²) in [5.41, 5.74) is 8.90. The van der Waals surface area contributed by atoms with E-state index >= 15 is 0 Å². The molecule has 1 amide bonds. The number of benzene rings is 1. The maximum Gasteiger partial charge on any atom is 0.267 e. The number of nitrogens with zero attached hydrogens (tertiary/aromatic N) is 4. The number of nitrogens with two attached hydrogens (primary N) is 1. The first kappa shape index (κ1) is 19.2. The first-order valence-electron chi connectivity index (χ1n) is 9.35. The van der Waals surface area contributed by atoms with E-state index in [9.17, 15) is 13.6 Å². The quantitative estimate of drug-likeness (QED) is 0.734. The van der Waals surface area contributed by atoms with Gasteiger partial charge in [-0.2, -0.15) is 5.10 Å². The van der Waals surface area contributed by atoms with E-state index in [1.807, 2.05) is 17.8 Å². The summed E-state index contributed by atoms with van der Waals surface area (Å²) >= 11 is 0. The second-order valence-corrected chi connectivity index (χ2v) is 7.24. The Morgan fingerprint density at radius 1 is 1.21 bits per heavy atom. The lowest BCUT2D eigenvalue weighted by molar-refractivity contribution is 0.0994. The third kappa shape index (κ3) is 3.51. The zero-order chi connectivity index (χ0) is 20.7. The summed E-state index contributed by atoms with van der Waals surface area (Å²) in [7, 11) is 1.89. The van der Waals surface area contributed by atoms with Crippen LogP contribution in [-0.4, -0.2) is 32.1 Å². The lowest BCUT2D eigenvalue weighted by atomic mass is 9.92. The Morgan fingerprint density at radius 2 is 2.00 bits per heavy atom. The molecule has 3 heterocycles. The first-order chi connectivity index (χ1) is 13.8. The van der Waals surface area contributed by atoms with Gasteiger partial charge in [0.05, 0.1) is 11.4 Å². The summed E-state index contributed by atoms with van der Waals surface area (Å²) in [6.45, 7) is 3.30. The third-order valence-electron chi connectivity index (χ3n) is 5.52. The highest BCUT2D eigenvalue weighted by Crippen LogP contribution is 2.34. The van der Waals surface area contributed by atoms with E-state index in [-0.39, 0.29) is 17.3 Å². The van der Waals surface area contributed by atoms with Crippen LogP contribution in [0.25, 0.3) is 11.1 Å². The number of aromatic nitrogens is 3. The van der Waals surface area contributed by atoms with E-state index < -0.39 is 17.5 Å². The predicted octanol–water partition coefficient (Wildman–Crippen LogP) is 2.98. The van der Waals surface area contributed by atoms with Gasteiger partial charge >= 0.3 is 0 Å². The Labute approximate surface area is 167 Å². The molecule has 0 saturated heterocycles. The number of primary amides is 1. The number of amides is 1. The summed E-state index contributed by atoms with van der Waals surface area (Å²) in [5, 5.41) is 4.23. The molecule has 1 aliphatic heterocycles. The zero-order valence-corrected chi connectivity index (χ0v) is 16.2. The summed E-state index contributed by atoms with van der Waals surface area (Å²) in [6, 6.07) is 6.97. The molecule has 2 aromatic heterocycles. The van der Waals surface area contributed by atoms with Crippen LogP contribution in [0.5, 0.6) is 0 Å². The van der Waals surface area contributed by atoms with Crippen molar-refractivity contribution in [1.82, 2.24) is 19.7 Å². The van der Waals surface area contributed by atoms with Gasteiger partial charge in [0.2, 0.25) is 0 Å². The topological polar surface area (TPSA) is 77.0 Å². The van der Waals surface area contributed by atoms with Crippen LogP contribution in [0.1, 0.15) is 40.4 Å². The molecule has 29 heavy (non-hydrogen) atoms. The largest absolute Gasteiger partial charge is 0.364 e. The summed E-state index contributed by atoms with van der Waals surface area (Å²) in [5.74, 6) is -2.02.